The highest BCUT2D eigenvalue weighted by Crippen LogP contribution is 2.16. The van der Waals surface area contributed by atoms with Crippen molar-refractivity contribution in [1.29, 1.82) is 0 Å². The lowest BCUT2D eigenvalue weighted by atomic mass is 10.2. The molecule has 31 heavy (non-hydrogen) atoms. The van der Waals surface area contributed by atoms with Crippen LogP contribution in [0.3, 0.4) is 0 Å². The molecule has 0 aliphatic carbocycles. The number of carbonyl (C=O) groups is 1. The van der Waals surface area contributed by atoms with Gasteiger partial charge in [0, 0.05) is 6.07 Å². The van der Waals surface area contributed by atoms with Gasteiger partial charge in [-0.05, 0) is 29.8 Å². The molecular weight excluding hydrogens is 410 g/mol. The van der Waals surface area contributed by atoms with Crippen LogP contribution in [0.15, 0.2) is 53.6 Å². The van der Waals surface area contributed by atoms with E-state index in [-0.39, 0.29) is 16.9 Å². The Balaban J connectivity index is 1.55. The largest absolute Gasteiger partial charge is 0.497 e. The zero-order valence-corrected chi connectivity index (χ0v) is 16.2. The van der Waals surface area contributed by atoms with Crippen LogP contribution >= 0.6 is 0 Å². The minimum absolute atomic E-state index is 0.0184. The number of ether oxygens (including phenoxy) is 1. The molecule has 2 heterocycles. The topological polar surface area (TPSA) is 104 Å². The molecule has 4 aromatic rings. The van der Waals surface area contributed by atoms with Gasteiger partial charge in [0.2, 0.25) is 5.91 Å². The SMILES string of the molecule is COc1cccc(Cn2nnc3c(=O)n(CC(=O)Nc4cc(F)ccc4F)cnc32)c1. The molecule has 4 rings (SSSR count). The maximum absolute atomic E-state index is 13.7. The first-order chi connectivity index (χ1) is 14.9. The van der Waals surface area contributed by atoms with Crippen LogP contribution in [0.1, 0.15) is 5.56 Å². The maximum atomic E-state index is 13.7. The normalized spacial score (nSPS) is 10.9. The molecule has 0 radical (unpaired) electrons. The predicted molar refractivity (Wildman–Crippen MR) is 107 cm³/mol. The lowest BCUT2D eigenvalue weighted by Gasteiger charge is -2.08. The van der Waals surface area contributed by atoms with Crippen LogP contribution in [0.25, 0.3) is 11.2 Å². The molecule has 0 spiro atoms. The highest BCUT2D eigenvalue weighted by atomic mass is 19.1. The van der Waals surface area contributed by atoms with E-state index >= 15 is 0 Å². The average molecular weight is 426 g/mol. The van der Waals surface area contributed by atoms with E-state index in [2.05, 4.69) is 20.6 Å². The fraction of sp³-hybridized carbons (Fsp3) is 0.150. The third-order valence-electron chi connectivity index (χ3n) is 4.47. The Morgan fingerprint density at radius 2 is 2.03 bits per heavy atom. The van der Waals surface area contributed by atoms with E-state index in [1.807, 2.05) is 18.2 Å². The molecule has 0 aliphatic rings. The molecule has 1 N–H and O–H groups in total. The Morgan fingerprint density at radius 1 is 1.19 bits per heavy atom. The molecule has 0 aliphatic heterocycles. The summed E-state index contributed by atoms with van der Waals surface area (Å²) in [6, 6.07) is 10.0. The van der Waals surface area contributed by atoms with E-state index in [1.54, 1.807) is 13.2 Å². The van der Waals surface area contributed by atoms with Gasteiger partial charge in [0.05, 0.1) is 19.3 Å². The van der Waals surface area contributed by atoms with E-state index < -0.39 is 29.6 Å². The molecule has 0 bridgehead atoms. The first-order valence-electron chi connectivity index (χ1n) is 9.11. The standard InChI is InChI=1S/C20H16F2N6O3/c1-31-14-4-2-3-12(7-14)9-28-19-18(25-26-28)20(30)27(11-23-19)10-17(29)24-16-8-13(21)5-6-15(16)22/h2-8,11H,9-10H2,1H3,(H,24,29). The predicted octanol–water partition coefficient (Wildman–Crippen LogP) is 1.96. The van der Waals surface area contributed by atoms with Gasteiger partial charge in [-0.15, -0.1) is 5.10 Å². The number of amides is 1. The molecule has 0 unspecified atom stereocenters. The van der Waals surface area contributed by atoms with Gasteiger partial charge in [0.25, 0.3) is 5.56 Å². The highest BCUT2D eigenvalue weighted by molar-refractivity contribution is 5.90. The molecule has 2 aromatic heterocycles. The van der Waals surface area contributed by atoms with Crippen molar-refractivity contribution in [2.75, 3.05) is 12.4 Å². The first kappa shape index (κ1) is 20.1. The number of hydrogen-bond acceptors (Lipinski definition) is 6. The van der Waals surface area contributed by atoms with Crippen molar-refractivity contribution in [3.05, 3.63) is 76.3 Å². The summed E-state index contributed by atoms with van der Waals surface area (Å²) in [4.78, 5) is 29.1. The molecule has 11 heteroatoms. The van der Waals surface area contributed by atoms with E-state index in [1.165, 1.54) is 11.0 Å². The van der Waals surface area contributed by atoms with Gasteiger partial charge in [-0.1, -0.05) is 17.3 Å². The fourth-order valence-electron chi connectivity index (χ4n) is 2.99. The van der Waals surface area contributed by atoms with Gasteiger partial charge in [0.1, 0.15) is 30.3 Å². The third kappa shape index (κ3) is 4.25. The summed E-state index contributed by atoms with van der Waals surface area (Å²) < 4.78 is 34.6. The Labute approximate surface area is 173 Å². The summed E-state index contributed by atoms with van der Waals surface area (Å²) in [6.07, 6.45) is 1.18. The second kappa shape index (κ2) is 8.30. The monoisotopic (exact) mass is 426 g/mol. The molecular formula is C20H16F2N6O3. The number of nitrogens with one attached hydrogen (secondary N) is 1. The molecule has 0 fully saturated rings. The van der Waals surface area contributed by atoms with E-state index in [0.29, 0.717) is 12.3 Å². The van der Waals surface area contributed by atoms with Crippen LogP contribution in [0, 0.1) is 11.6 Å². The lowest BCUT2D eigenvalue weighted by molar-refractivity contribution is -0.116. The fourth-order valence-corrected chi connectivity index (χ4v) is 2.99. The smallest absolute Gasteiger partial charge is 0.283 e. The van der Waals surface area contributed by atoms with Crippen molar-refractivity contribution in [2.24, 2.45) is 0 Å². The minimum atomic E-state index is -0.795. The van der Waals surface area contributed by atoms with Crippen molar-refractivity contribution in [3.63, 3.8) is 0 Å². The number of rotatable bonds is 6. The number of methoxy groups -OCH3 is 1. The first-order valence-corrected chi connectivity index (χ1v) is 9.11. The van der Waals surface area contributed by atoms with Gasteiger partial charge in [-0.25, -0.2) is 18.4 Å². The van der Waals surface area contributed by atoms with Crippen molar-refractivity contribution >= 4 is 22.8 Å². The minimum Gasteiger partial charge on any atom is -0.497 e. The Kier molecular flexibility index (Phi) is 5.39. The number of hydrogen-bond donors (Lipinski definition) is 1. The molecule has 2 aromatic carbocycles. The molecule has 0 saturated heterocycles. The van der Waals surface area contributed by atoms with Gasteiger partial charge >= 0.3 is 0 Å². The van der Waals surface area contributed by atoms with Gasteiger partial charge < -0.3 is 10.1 Å². The van der Waals surface area contributed by atoms with Gasteiger partial charge in [0.15, 0.2) is 11.2 Å². The van der Waals surface area contributed by atoms with Crippen LogP contribution in [-0.4, -0.2) is 37.6 Å². The molecule has 0 atom stereocenters. The van der Waals surface area contributed by atoms with Gasteiger partial charge in [-0.2, -0.15) is 0 Å². The molecule has 9 nitrogen and oxygen atoms in total. The average Bonchev–Trinajstić information content (AvgIpc) is 3.16. The van der Waals surface area contributed by atoms with Crippen LogP contribution in [-0.2, 0) is 17.9 Å². The molecule has 1 amide bonds. The van der Waals surface area contributed by atoms with Crippen LogP contribution in [0.2, 0.25) is 0 Å². The molecule has 158 valence electrons. The van der Waals surface area contributed by atoms with E-state index in [9.17, 15) is 18.4 Å². The van der Waals surface area contributed by atoms with Gasteiger partial charge in [-0.3, -0.25) is 14.2 Å². The summed E-state index contributed by atoms with van der Waals surface area (Å²) in [5.74, 6) is -1.55. The number of halogens is 2. The Bertz CT molecular complexity index is 1330. The van der Waals surface area contributed by atoms with Crippen molar-refractivity contribution < 1.29 is 18.3 Å². The number of benzene rings is 2. The summed E-state index contributed by atoms with van der Waals surface area (Å²) >= 11 is 0. The summed E-state index contributed by atoms with van der Waals surface area (Å²) in [5, 5.41) is 10.1. The zero-order valence-electron chi connectivity index (χ0n) is 16.2. The maximum Gasteiger partial charge on any atom is 0.283 e. The summed E-state index contributed by atoms with van der Waals surface area (Å²) in [5.41, 5.74) is 0.192. The van der Waals surface area contributed by atoms with E-state index in [0.717, 1.165) is 28.3 Å². The van der Waals surface area contributed by atoms with E-state index in [4.69, 9.17) is 4.74 Å². The summed E-state index contributed by atoms with van der Waals surface area (Å²) in [7, 11) is 1.56. The van der Waals surface area contributed by atoms with Crippen LogP contribution in [0.5, 0.6) is 5.75 Å². The van der Waals surface area contributed by atoms with Crippen molar-refractivity contribution in [3.8, 4) is 5.75 Å². The van der Waals surface area contributed by atoms with Crippen molar-refractivity contribution in [1.82, 2.24) is 24.5 Å². The number of aromatic nitrogens is 5. The molecule has 0 saturated carbocycles. The number of anilines is 1. The quantitative estimate of drug-likeness (QED) is 0.506. The summed E-state index contributed by atoms with van der Waals surface area (Å²) in [6.45, 7) is -0.149. The number of nitrogens with zero attached hydrogens (tertiary/aromatic N) is 5. The third-order valence-corrected chi connectivity index (χ3v) is 4.47. The Hall–Kier alpha value is -4.15. The number of fused-ring (bicyclic) bond motifs is 1. The highest BCUT2D eigenvalue weighted by Gasteiger charge is 2.15. The Morgan fingerprint density at radius 3 is 2.84 bits per heavy atom. The second-order valence-electron chi connectivity index (χ2n) is 6.62. The second-order valence-corrected chi connectivity index (χ2v) is 6.62. The zero-order chi connectivity index (χ0) is 22.0. The van der Waals surface area contributed by atoms with Crippen LogP contribution < -0.4 is 15.6 Å². The van der Waals surface area contributed by atoms with Crippen LogP contribution in [0.4, 0.5) is 14.5 Å². The lowest BCUT2D eigenvalue weighted by Crippen LogP contribution is -2.28. The van der Waals surface area contributed by atoms with Crippen molar-refractivity contribution in [2.45, 2.75) is 13.1 Å². The number of carbonyl (C=O) groups excluding carboxylic acids is 1.